The SMILES string of the molecule is CCCNC(=O)NC(=O)CN(C)CCCOc1ccc(Cl)cc1. The molecule has 7 heteroatoms. The molecule has 0 unspecified atom stereocenters. The number of amides is 3. The Morgan fingerprint density at radius 1 is 1.26 bits per heavy atom. The lowest BCUT2D eigenvalue weighted by Gasteiger charge is -2.16. The maximum absolute atomic E-state index is 11.7. The standard InChI is InChI=1S/C16H24ClN3O3/c1-3-9-18-16(22)19-15(21)12-20(2)10-4-11-23-14-7-5-13(17)6-8-14/h5-8H,3-4,9-12H2,1-2H3,(H2,18,19,21,22). The number of imide groups is 1. The molecule has 1 rings (SSSR count). The Morgan fingerprint density at radius 2 is 1.96 bits per heavy atom. The van der Waals surface area contributed by atoms with Crippen molar-refractivity contribution >= 4 is 23.5 Å². The Kier molecular flexibility index (Phi) is 9.09. The number of urea groups is 1. The van der Waals surface area contributed by atoms with E-state index in [0.29, 0.717) is 24.7 Å². The highest BCUT2D eigenvalue weighted by Gasteiger charge is 2.09. The van der Waals surface area contributed by atoms with Gasteiger partial charge in [-0.1, -0.05) is 18.5 Å². The summed E-state index contributed by atoms with van der Waals surface area (Å²) in [5.74, 6) is 0.446. The van der Waals surface area contributed by atoms with E-state index in [1.54, 1.807) is 12.1 Å². The first-order chi connectivity index (χ1) is 11.0. The van der Waals surface area contributed by atoms with E-state index < -0.39 is 6.03 Å². The molecule has 3 amide bonds. The summed E-state index contributed by atoms with van der Waals surface area (Å²) >= 11 is 5.80. The van der Waals surface area contributed by atoms with Crippen molar-refractivity contribution < 1.29 is 14.3 Å². The van der Waals surface area contributed by atoms with Crippen molar-refractivity contribution in [1.82, 2.24) is 15.5 Å². The fraction of sp³-hybridized carbons (Fsp3) is 0.500. The Hall–Kier alpha value is -1.79. The molecule has 2 N–H and O–H groups in total. The zero-order chi connectivity index (χ0) is 17.1. The fourth-order valence-corrected chi connectivity index (χ4v) is 1.95. The summed E-state index contributed by atoms with van der Waals surface area (Å²) < 4.78 is 5.58. The number of carbonyl (C=O) groups excluding carboxylic acids is 2. The Balaban J connectivity index is 2.13. The third-order valence-corrected chi connectivity index (χ3v) is 3.22. The summed E-state index contributed by atoms with van der Waals surface area (Å²) in [6.45, 7) is 3.90. The van der Waals surface area contributed by atoms with Gasteiger partial charge in [0.15, 0.2) is 0 Å². The molecule has 0 bridgehead atoms. The van der Waals surface area contributed by atoms with Gasteiger partial charge < -0.3 is 10.1 Å². The van der Waals surface area contributed by atoms with Crippen molar-refractivity contribution in [2.75, 3.05) is 33.3 Å². The zero-order valence-corrected chi connectivity index (χ0v) is 14.4. The van der Waals surface area contributed by atoms with E-state index in [-0.39, 0.29) is 12.5 Å². The number of ether oxygens (including phenoxy) is 1. The number of hydrogen-bond donors (Lipinski definition) is 2. The van der Waals surface area contributed by atoms with Crippen LogP contribution in [0.15, 0.2) is 24.3 Å². The highest BCUT2D eigenvalue weighted by Crippen LogP contribution is 2.15. The van der Waals surface area contributed by atoms with Crippen LogP contribution in [0.3, 0.4) is 0 Å². The van der Waals surface area contributed by atoms with Crippen LogP contribution in [0.2, 0.25) is 5.02 Å². The van der Waals surface area contributed by atoms with Gasteiger partial charge in [0, 0.05) is 18.1 Å². The van der Waals surface area contributed by atoms with E-state index in [1.807, 2.05) is 31.0 Å². The van der Waals surface area contributed by atoms with Crippen LogP contribution in [0, 0.1) is 0 Å². The third kappa shape index (κ3) is 9.05. The van der Waals surface area contributed by atoms with Crippen molar-refractivity contribution in [2.24, 2.45) is 0 Å². The van der Waals surface area contributed by atoms with Gasteiger partial charge in [0.1, 0.15) is 5.75 Å². The van der Waals surface area contributed by atoms with E-state index >= 15 is 0 Å². The zero-order valence-electron chi connectivity index (χ0n) is 13.6. The van der Waals surface area contributed by atoms with Crippen LogP contribution < -0.4 is 15.4 Å². The number of nitrogens with zero attached hydrogens (tertiary/aromatic N) is 1. The van der Waals surface area contributed by atoms with Crippen molar-refractivity contribution in [1.29, 1.82) is 0 Å². The second-order valence-corrected chi connectivity index (χ2v) is 5.63. The molecule has 0 heterocycles. The second kappa shape index (κ2) is 10.9. The quantitative estimate of drug-likeness (QED) is 0.676. The molecule has 128 valence electrons. The van der Waals surface area contributed by atoms with Crippen molar-refractivity contribution in [2.45, 2.75) is 19.8 Å². The van der Waals surface area contributed by atoms with Crippen LogP contribution in [0.5, 0.6) is 5.75 Å². The summed E-state index contributed by atoms with van der Waals surface area (Å²) in [5.41, 5.74) is 0. The lowest BCUT2D eigenvalue weighted by atomic mass is 10.3. The van der Waals surface area contributed by atoms with Gasteiger partial charge in [0.2, 0.25) is 5.91 Å². The molecule has 6 nitrogen and oxygen atoms in total. The molecule has 0 radical (unpaired) electrons. The molecule has 0 aliphatic heterocycles. The lowest BCUT2D eigenvalue weighted by molar-refractivity contribution is -0.120. The molecule has 0 aromatic heterocycles. The highest BCUT2D eigenvalue weighted by atomic mass is 35.5. The minimum absolute atomic E-state index is 0.167. The Bertz CT molecular complexity index is 494. The lowest BCUT2D eigenvalue weighted by Crippen LogP contribution is -2.44. The van der Waals surface area contributed by atoms with Gasteiger partial charge in [-0.3, -0.25) is 15.0 Å². The van der Waals surface area contributed by atoms with Crippen LogP contribution in [-0.4, -0.2) is 50.1 Å². The van der Waals surface area contributed by atoms with Crippen molar-refractivity contribution in [3.63, 3.8) is 0 Å². The van der Waals surface area contributed by atoms with Crippen LogP contribution in [0.25, 0.3) is 0 Å². The van der Waals surface area contributed by atoms with Crippen molar-refractivity contribution in [3.05, 3.63) is 29.3 Å². The molecule has 0 aliphatic rings. The molecule has 0 fully saturated rings. The van der Waals surface area contributed by atoms with E-state index in [0.717, 1.165) is 18.6 Å². The molecular weight excluding hydrogens is 318 g/mol. The average molecular weight is 342 g/mol. The molecule has 0 saturated heterocycles. The minimum Gasteiger partial charge on any atom is -0.494 e. The number of rotatable bonds is 9. The molecule has 1 aromatic carbocycles. The minimum atomic E-state index is -0.448. The topological polar surface area (TPSA) is 70.7 Å². The highest BCUT2D eigenvalue weighted by molar-refractivity contribution is 6.30. The molecule has 23 heavy (non-hydrogen) atoms. The van der Waals surface area contributed by atoms with Crippen molar-refractivity contribution in [3.8, 4) is 5.75 Å². The van der Waals surface area contributed by atoms with E-state index in [1.165, 1.54) is 0 Å². The monoisotopic (exact) mass is 341 g/mol. The summed E-state index contributed by atoms with van der Waals surface area (Å²) in [7, 11) is 1.83. The van der Waals surface area contributed by atoms with E-state index in [4.69, 9.17) is 16.3 Å². The van der Waals surface area contributed by atoms with Crippen LogP contribution in [0.4, 0.5) is 4.79 Å². The summed E-state index contributed by atoms with van der Waals surface area (Å²) in [6.07, 6.45) is 1.60. The number of carbonyl (C=O) groups is 2. The normalized spacial score (nSPS) is 10.4. The van der Waals surface area contributed by atoms with Gasteiger partial charge in [-0.25, -0.2) is 4.79 Å². The number of likely N-dealkylation sites (N-methyl/N-ethyl adjacent to an activating group) is 1. The number of benzene rings is 1. The summed E-state index contributed by atoms with van der Waals surface area (Å²) in [6, 6.07) is 6.73. The maximum Gasteiger partial charge on any atom is 0.321 e. The molecule has 0 saturated carbocycles. The van der Waals surface area contributed by atoms with E-state index in [2.05, 4.69) is 10.6 Å². The molecule has 0 aliphatic carbocycles. The van der Waals surface area contributed by atoms with E-state index in [9.17, 15) is 9.59 Å². The van der Waals surface area contributed by atoms with Gasteiger partial charge in [0.05, 0.1) is 13.2 Å². The maximum atomic E-state index is 11.7. The molecular formula is C16H24ClN3O3. The number of nitrogens with one attached hydrogen (secondary N) is 2. The predicted molar refractivity (Wildman–Crippen MR) is 90.9 cm³/mol. The van der Waals surface area contributed by atoms with Gasteiger partial charge in [0.25, 0.3) is 0 Å². The Morgan fingerprint density at radius 3 is 2.61 bits per heavy atom. The largest absolute Gasteiger partial charge is 0.494 e. The first-order valence-electron chi connectivity index (χ1n) is 7.66. The van der Waals surface area contributed by atoms with Crippen LogP contribution in [0.1, 0.15) is 19.8 Å². The molecule has 0 spiro atoms. The van der Waals surface area contributed by atoms with Gasteiger partial charge in [-0.2, -0.15) is 0 Å². The summed E-state index contributed by atoms with van der Waals surface area (Å²) in [5, 5.41) is 5.56. The predicted octanol–water partition coefficient (Wildman–Crippen LogP) is 2.28. The Labute approximate surface area is 142 Å². The second-order valence-electron chi connectivity index (χ2n) is 5.20. The fourth-order valence-electron chi connectivity index (χ4n) is 1.83. The number of hydrogen-bond acceptors (Lipinski definition) is 4. The van der Waals surface area contributed by atoms with Gasteiger partial charge >= 0.3 is 6.03 Å². The molecule has 0 atom stereocenters. The van der Waals surface area contributed by atoms with Crippen LogP contribution >= 0.6 is 11.6 Å². The number of halogens is 1. The van der Waals surface area contributed by atoms with Gasteiger partial charge in [-0.05, 0) is 44.2 Å². The smallest absolute Gasteiger partial charge is 0.321 e. The first kappa shape index (κ1) is 19.3. The van der Waals surface area contributed by atoms with Gasteiger partial charge in [-0.15, -0.1) is 0 Å². The van der Waals surface area contributed by atoms with Crippen LogP contribution in [-0.2, 0) is 4.79 Å². The first-order valence-corrected chi connectivity index (χ1v) is 8.03. The third-order valence-electron chi connectivity index (χ3n) is 2.97. The summed E-state index contributed by atoms with van der Waals surface area (Å²) in [4.78, 5) is 24.8. The molecule has 1 aromatic rings. The average Bonchev–Trinajstić information content (AvgIpc) is 2.51.